The van der Waals surface area contributed by atoms with Crippen molar-refractivity contribution in [1.82, 2.24) is 9.69 Å². The molecule has 4 rings (SSSR count). The van der Waals surface area contributed by atoms with Crippen molar-refractivity contribution < 1.29 is 0 Å². The molecule has 20 heavy (non-hydrogen) atoms. The zero-order valence-corrected chi connectivity index (χ0v) is 12.5. The molecule has 0 radical (unpaired) electrons. The summed E-state index contributed by atoms with van der Waals surface area (Å²) in [5.41, 5.74) is 1.15. The highest BCUT2D eigenvalue weighted by atomic mass is 32.1. The Balaban J connectivity index is 1.61. The lowest BCUT2D eigenvalue weighted by molar-refractivity contribution is 0.399. The number of nitrogens with one attached hydrogen (secondary N) is 1. The van der Waals surface area contributed by atoms with Crippen LogP contribution in [-0.2, 0) is 0 Å². The minimum atomic E-state index is 0.658. The van der Waals surface area contributed by atoms with Gasteiger partial charge < -0.3 is 10.2 Å². The molecule has 1 atom stereocenters. The van der Waals surface area contributed by atoms with E-state index in [2.05, 4.69) is 38.9 Å². The molecule has 4 heteroatoms. The molecule has 0 amide bonds. The van der Waals surface area contributed by atoms with Gasteiger partial charge in [0.05, 0.1) is 5.52 Å². The minimum absolute atomic E-state index is 0.658. The Morgan fingerprint density at radius 1 is 1.20 bits per heavy atom. The number of fused-ring (bicyclic) bond motifs is 1. The van der Waals surface area contributed by atoms with E-state index in [0.29, 0.717) is 6.04 Å². The van der Waals surface area contributed by atoms with Gasteiger partial charge in [-0.25, -0.2) is 0 Å². The summed E-state index contributed by atoms with van der Waals surface area (Å²) in [5, 5.41) is 6.40. The van der Waals surface area contributed by atoms with E-state index in [-0.39, 0.29) is 0 Å². The number of aromatic nitrogens is 1. The molecule has 1 unspecified atom stereocenters. The average molecular weight is 287 g/mol. The summed E-state index contributed by atoms with van der Waals surface area (Å²) in [4.78, 5) is 2.63. The number of hydrogen-bond donors (Lipinski definition) is 1. The van der Waals surface area contributed by atoms with Crippen LogP contribution in [0.5, 0.6) is 0 Å². The summed E-state index contributed by atoms with van der Waals surface area (Å²) in [5.74, 6) is 0. The van der Waals surface area contributed by atoms with Crippen LogP contribution in [0, 0.1) is 0 Å². The lowest BCUT2D eigenvalue weighted by Gasteiger charge is -2.31. The van der Waals surface area contributed by atoms with Crippen molar-refractivity contribution in [3.63, 3.8) is 0 Å². The molecule has 2 fully saturated rings. The molecule has 2 aromatic rings. The molecule has 1 saturated carbocycles. The molecular formula is C16H21N3S. The SMILES string of the molecule is c1ccc2c(N(CC3CCCCN3)C3CC3)snc2c1. The van der Waals surface area contributed by atoms with Crippen LogP contribution in [0.2, 0.25) is 0 Å². The number of rotatable bonds is 4. The number of benzene rings is 1. The van der Waals surface area contributed by atoms with Gasteiger partial charge in [0.15, 0.2) is 0 Å². The largest absolute Gasteiger partial charge is 0.357 e. The topological polar surface area (TPSA) is 28.2 Å². The molecule has 1 aromatic heterocycles. The fraction of sp³-hybridized carbons (Fsp3) is 0.562. The molecule has 106 valence electrons. The lowest BCUT2D eigenvalue weighted by atomic mass is 10.0. The van der Waals surface area contributed by atoms with E-state index in [1.165, 1.54) is 49.0 Å². The van der Waals surface area contributed by atoms with Gasteiger partial charge in [0.25, 0.3) is 0 Å². The Hall–Kier alpha value is -1.13. The molecule has 1 aromatic carbocycles. The molecule has 0 spiro atoms. The number of piperidine rings is 1. The summed E-state index contributed by atoms with van der Waals surface area (Å²) < 4.78 is 4.62. The molecule has 2 heterocycles. The Labute approximate surface area is 124 Å². The molecule has 1 aliphatic heterocycles. The van der Waals surface area contributed by atoms with Crippen LogP contribution in [0.25, 0.3) is 10.9 Å². The van der Waals surface area contributed by atoms with Crippen molar-refractivity contribution in [2.45, 2.75) is 44.2 Å². The van der Waals surface area contributed by atoms with Crippen molar-refractivity contribution in [2.24, 2.45) is 0 Å². The summed E-state index contributed by atoms with van der Waals surface area (Å²) >= 11 is 1.68. The maximum absolute atomic E-state index is 4.62. The van der Waals surface area contributed by atoms with Gasteiger partial charge in [-0.05, 0) is 55.9 Å². The Morgan fingerprint density at radius 2 is 2.10 bits per heavy atom. The monoisotopic (exact) mass is 287 g/mol. The first-order chi connectivity index (χ1) is 9.92. The van der Waals surface area contributed by atoms with E-state index in [1.807, 2.05) is 0 Å². The molecule has 3 nitrogen and oxygen atoms in total. The summed E-state index contributed by atoms with van der Waals surface area (Å²) in [6, 6.07) is 9.96. The average Bonchev–Trinajstić information content (AvgIpc) is 3.25. The fourth-order valence-electron chi connectivity index (χ4n) is 3.18. The van der Waals surface area contributed by atoms with Crippen LogP contribution in [-0.4, -0.2) is 29.5 Å². The fourth-order valence-corrected chi connectivity index (χ4v) is 4.13. The van der Waals surface area contributed by atoms with Crippen molar-refractivity contribution in [3.8, 4) is 0 Å². The normalized spacial score (nSPS) is 23.1. The third-order valence-electron chi connectivity index (χ3n) is 4.44. The molecule has 1 N–H and O–H groups in total. The highest BCUT2D eigenvalue weighted by Crippen LogP contribution is 2.38. The second-order valence-corrected chi connectivity index (χ2v) is 6.79. The quantitative estimate of drug-likeness (QED) is 0.934. The molecule has 2 aliphatic rings. The summed E-state index contributed by atoms with van der Waals surface area (Å²) in [6.45, 7) is 2.34. The predicted molar refractivity (Wildman–Crippen MR) is 85.6 cm³/mol. The minimum Gasteiger partial charge on any atom is -0.357 e. The number of nitrogens with zero attached hydrogens (tertiary/aromatic N) is 2. The molecule has 1 aliphatic carbocycles. The zero-order chi connectivity index (χ0) is 13.4. The van der Waals surface area contributed by atoms with Crippen molar-refractivity contribution in [3.05, 3.63) is 24.3 Å². The number of hydrogen-bond acceptors (Lipinski definition) is 4. The van der Waals surface area contributed by atoms with Gasteiger partial charge in [0.1, 0.15) is 5.00 Å². The van der Waals surface area contributed by atoms with Gasteiger partial charge in [0, 0.05) is 24.0 Å². The maximum Gasteiger partial charge on any atom is 0.120 e. The second-order valence-electron chi connectivity index (χ2n) is 6.04. The smallest absolute Gasteiger partial charge is 0.120 e. The van der Waals surface area contributed by atoms with E-state index >= 15 is 0 Å². The third kappa shape index (κ3) is 2.42. The van der Waals surface area contributed by atoms with E-state index < -0.39 is 0 Å². The van der Waals surface area contributed by atoms with Crippen molar-refractivity contribution in [2.75, 3.05) is 18.0 Å². The van der Waals surface area contributed by atoms with Gasteiger partial charge >= 0.3 is 0 Å². The Bertz CT molecular complexity index is 584. The van der Waals surface area contributed by atoms with Crippen LogP contribution < -0.4 is 10.2 Å². The molecule has 0 bridgehead atoms. The maximum atomic E-state index is 4.62. The zero-order valence-electron chi connectivity index (χ0n) is 11.7. The second kappa shape index (κ2) is 5.34. The van der Waals surface area contributed by atoms with Gasteiger partial charge in [-0.15, -0.1) is 0 Å². The van der Waals surface area contributed by atoms with Crippen LogP contribution in [0.3, 0.4) is 0 Å². The highest BCUT2D eigenvalue weighted by Gasteiger charge is 2.33. The molecule has 1 saturated heterocycles. The first-order valence-corrected chi connectivity index (χ1v) is 8.53. The van der Waals surface area contributed by atoms with E-state index in [0.717, 1.165) is 18.1 Å². The standard InChI is InChI=1S/C16H21N3S/c1-2-7-15-14(6-1)16(20-18-15)19(13-8-9-13)11-12-5-3-4-10-17-12/h1-2,6-7,12-13,17H,3-5,8-11H2. The highest BCUT2D eigenvalue weighted by molar-refractivity contribution is 7.11. The van der Waals surface area contributed by atoms with Crippen LogP contribution in [0.4, 0.5) is 5.00 Å². The number of anilines is 1. The molecular weight excluding hydrogens is 266 g/mol. The van der Waals surface area contributed by atoms with Crippen LogP contribution >= 0.6 is 11.5 Å². The van der Waals surface area contributed by atoms with Gasteiger partial charge in [-0.2, -0.15) is 4.37 Å². The Kier molecular flexibility index (Phi) is 3.36. The van der Waals surface area contributed by atoms with Gasteiger partial charge in [-0.1, -0.05) is 18.6 Å². The van der Waals surface area contributed by atoms with Gasteiger partial charge in [0.2, 0.25) is 0 Å². The first-order valence-electron chi connectivity index (χ1n) is 7.76. The van der Waals surface area contributed by atoms with E-state index in [4.69, 9.17) is 0 Å². The lowest BCUT2D eigenvalue weighted by Crippen LogP contribution is -2.44. The summed E-state index contributed by atoms with van der Waals surface area (Å²) in [7, 11) is 0. The third-order valence-corrected chi connectivity index (χ3v) is 5.36. The van der Waals surface area contributed by atoms with Crippen LogP contribution in [0.15, 0.2) is 24.3 Å². The van der Waals surface area contributed by atoms with Crippen molar-refractivity contribution >= 4 is 27.4 Å². The van der Waals surface area contributed by atoms with Crippen LogP contribution in [0.1, 0.15) is 32.1 Å². The predicted octanol–water partition coefficient (Wildman–Crippen LogP) is 3.41. The van der Waals surface area contributed by atoms with Gasteiger partial charge in [-0.3, -0.25) is 0 Å². The summed E-state index contributed by atoms with van der Waals surface area (Å²) in [6.07, 6.45) is 6.72. The Morgan fingerprint density at radius 3 is 2.90 bits per heavy atom. The van der Waals surface area contributed by atoms with Crippen molar-refractivity contribution in [1.29, 1.82) is 0 Å². The van der Waals surface area contributed by atoms with E-state index in [9.17, 15) is 0 Å². The first kappa shape index (κ1) is 12.6. The van der Waals surface area contributed by atoms with E-state index in [1.54, 1.807) is 11.5 Å².